The van der Waals surface area contributed by atoms with Gasteiger partial charge >= 0.3 is 0 Å². The maximum absolute atomic E-state index is 11.2. The van der Waals surface area contributed by atoms with Crippen LogP contribution < -0.4 is 10.6 Å². The van der Waals surface area contributed by atoms with E-state index in [1.165, 1.54) is 0 Å². The molecule has 1 aliphatic rings. The van der Waals surface area contributed by atoms with E-state index in [4.69, 9.17) is 5.73 Å². The molecule has 0 amide bonds. The lowest BCUT2D eigenvalue weighted by molar-refractivity contribution is -0.109. The minimum atomic E-state index is 0.0155. The van der Waals surface area contributed by atoms with Gasteiger partial charge in [0.05, 0.1) is 18.1 Å². The first kappa shape index (κ1) is 13.8. The van der Waals surface area contributed by atoms with Crippen LogP contribution in [0.25, 0.3) is 5.69 Å². The van der Waals surface area contributed by atoms with Gasteiger partial charge in [0.15, 0.2) is 0 Å². The average molecular weight is 284 g/mol. The number of aromatic nitrogens is 2. The van der Waals surface area contributed by atoms with Crippen molar-refractivity contribution in [3.05, 3.63) is 42.5 Å². The van der Waals surface area contributed by atoms with Crippen molar-refractivity contribution < 1.29 is 4.79 Å². The van der Waals surface area contributed by atoms with Crippen LogP contribution in [0, 0.1) is 0 Å². The number of carbonyl (C=O) groups is 1. The average Bonchev–Trinajstić information content (AvgIpc) is 3.04. The van der Waals surface area contributed by atoms with E-state index >= 15 is 0 Å². The summed E-state index contributed by atoms with van der Waals surface area (Å²) in [6.45, 7) is 1.39. The van der Waals surface area contributed by atoms with Crippen LogP contribution >= 0.6 is 0 Å². The number of nitrogens with two attached hydrogens (primary N) is 1. The minimum absolute atomic E-state index is 0.0155. The summed E-state index contributed by atoms with van der Waals surface area (Å²) in [7, 11) is 0. The van der Waals surface area contributed by atoms with Gasteiger partial charge in [0, 0.05) is 30.7 Å². The highest BCUT2D eigenvalue weighted by atomic mass is 16.1. The topological polar surface area (TPSA) is 64.2 Å². The molecule has 0 bridgehead atoms. The van der Waals surface area contributed by atoms with Crippen molar-refractivity contribution in [2.24, 2.45) is 5.73 Å². The fourth-order valence-electron chi connectivity index (χ4n) is 2.85. The van der Waals surface area contributed by atoms with Gasteiger partial charge in [-0.25, -0.2) is 4.98 Å². The van der Waals surface area contributed by atoms with Gasteiger partial charge in [-0.1, -0.05) is 0 Å². The van der Waals surface area contributed by atoms with Crippen molar-refractivity contribution in [2.45, 2.75) is 31.8 Å². The highest BCUT2D eigenvalue weighted by Gasteiger charge is 2.21. The summed E-state index contributed by atoms with van der Waals surface area (Å²) in [6.07, 6.45) is 8.00. The third-order valence-electron chi connectivity index (χ3n) is 4.03. The molecule has 2 heterocycles. The van der Waals surface area contributed by atoms with Gasteiger partial charge in [-0.05, 0) is 43.5 Å². The van der Waals surface area contributed by atoms with Gasteiger partial charge in [-0.2, -0.15) is 0 Å². The fourth-order valence-corrected chi connectivity index (χ4v) is 2.85. The van der Waals surface area contributed by atoms with Crippen LogP contribution in [0.1, 0.15) is 25.0 Å². The Kier molecular flexibility index (Phi) is 4.01. The Morgan fingerprint density at radius 2 is 2.00 bits per heavy atom. The Bertz CT molecular complexity index is 605. The highest BCUT2D eigenvalue weighted by Crippen LogP contribution is 2.25. The largest absolute Gasteiger partial charge is 0.362 e. The molecule has 0 saturated carbocycles. The Balaban J connectivity index is 1.81. The smallest absolute Gasteiger partial charge is 0.142 e. The first-order valence-electron chi connectivity index (χ1n) is 7.37. The first-order valence-corrected chi connectivity index (χ1v) is 7.37. The zero-order chi connectivity index (χ0) is 14.7. The van der Waals surface area contributed by atoms with E-state index in [1.54, 1.807) is 6.33 Å². The molecule has 110 valence electrons. The van der Waals surface area contributed by atoms with Gasteiger partial charge in [0.1, 0.15) is 6.29 Å². The van der Waals surface area contributed by atoms with E-state index in [0.29, 0.717) is 6.54 Å². The van der Waals surface area contributed by atoms with Crippen LogP contribution in [-0.4, -0.2) is 28.4 Å². The minimum Gasteiger partial charge on any atom is -0.362 e. The number of aldehydes is 1. The second-order valence-corrected chi connectivity index (χ2v) is 5.39. The molecule has 5 heteroatoms. The lowest BCUT2D eigenvalue weighted by Gasteiger charge is -2.34. The number of benzene rings is 1. The standard InChI is InChI=1S/C16H20N4O/c17-9-13-10-19(12-18-13)14-4-6-15(7-5-14)20-8-2-1-3-16(20)11-21/h4-7,10-12,16H,1-3,8-9,17H2. The normalized spacial score (nSPS) is 18.7. The molecule has 3 rings (SSSR count). The van der Waals surface area contributed by atoms with Gasteiger partial charge < -0.3 is 20.0 Å². The molecule has 1 unspecified atom stereocenters. The quantitative estimate of drug-likeness (QED) is 0.871. The van der Waals surface area contributed by atoms with E-state index < -0.39 is 0 Å². The lowest BCUT2D eigenvalue weighted by atomic mass is 10.0. The predicted molar refractivity (Wildman–Crippen MR) is 82.5 cm³/mol. The molecule has 0 radical (unpaired) electrons. The summed E-state index contributed by atoms with van der Waals surface area (Å²) in [5.74, 6) is 0. The number of rotatable bonds is 4. The molecule has 2 aromatic rings. The zero-order valence-corrected chi connectivity index (χ0v) is 12.0. The highest BCUT2D eigenvalue weighted by molar-refractivity contribution is 5.67. The van der Waals surface area contributed by atoms with Crippen LogP contribution in [0.3, 0.4) is 0 Å². The SMILES string of the molecule is NCc1cn(-c2ccc(N3CCCCC3C=O)cc2)cn1. The molecular formula is C16H20N4O. The summed E-state index contributed by atoms with van der Waals surface area (Å²) < 4.78 is 1.96. The molecule has 0 spiro atoms. The Labute approximate surface area is 124 Å². The van der Waals surface area contributed by atoms with Gasteiger partial charge in [0.25, 0.3) is 0 Å². The van der Waals surface area contributed by atoms with Crippen LogP contribution in [0.4, 0.5) is 5.69 Å². The maximum Gasteiger partial charge on any atom is 0.142 e. The van der Waals surface area contributed by atoms with Crippen LogP contribution in [0.5, 0.6) is 0 Å². The van der Waals surface area contributed by atoms with E-state index in [0.717, 1.165) is 49.2 Å². The molecule has 1 fully saturated rings. The maximum atomic E-state index is 11.2. The zero-order valence-electron chi connectivity index (χ0n) is 12.0. The lowest BCUT2D eigenvalue weighted by Crippen LogP contribution is -2.40. The van der Waals surface area contributed by atoms with Crippen molar-refractivity contribution in [2.75, 3.05) is 11.4 Å². The Morgan fingerprint density at radius 3 is 2.67 bits per heavy atom. The van der Waals surface area contributed by atoms with Crippen molar-refractivity contribution in [3.63, 3.8) is 0 Å². The molecule has 5 nitrogen and oxygen atoms in total. The molecule has 1 atom stereocenters. The van der Waals surface area contributed by atoms with Crippen LogP contribution in [0.2, 0.25) is 0 Å². The number of anilines is 1. The fraction of sp³-hybridized carbons (Fsp3) is 0.375. The van der Waals surface area contributed by atoms with E-state index in [9.17, 15) is 4.79 Å². The number of hydrogen-bond donors (Lipinski definition) is 1. The summed E-state index contributed by atoms with van der Waals surface area (Å²) in [5.41, 5.74) is 8.60. The summed E-state index contributed by atoms with van der Waals surface area (Å²) in [4.78, 5) is 17.6. The van der Waals surface area contributed by atoms with E-state index in [1.807, 2.05) is 22.9 Å². The Morgan fingerprint density at radius 1 is 1.24 bits per heavy atom. The number of carbonyl (C=O) groups excluding carboxylic acids is 1. The third-order valence-corrected chi connectivity index (χ3v) is 4.03. The molecule has 1 aromatic carbocycles. The second kappa shape index (κ2) is 6.10. The Hall–Kier alpha value is -2.14. The van der Waals surface area contributed by atoms with E-state index in [-0.39, 0.29) is 6.04 Å². The number of nitrogens with zero attached hydrogens (tertiary/aromatic N) is 3. The molecule has 1 saturated heterocycles. The predicted octanol–water partition coefficient (Wildman–Crippen LogP) is 1.89. The number of hydrogen-bond acceptors (Lipinski definition) is 4. The summed E-state index contributed by atoms with van der Waals surface area (Å²) in [6, 6.07) is 8.25. The third kappa shape index (κ3) is 2.83. The van der Waals surface area contributed by atoms with Gasteiger partial charge in [-0.15, -0.1) is 0 Å². The molecule has 1 aliphatic heterocycles. The number of piperidine rings is 1. The first-order chi connectivity index (χ1) is 10.3. The summed E-state index contributed by atoms with van der Waals surface area (Å²) in [5, 5.41) is 0. The van der Waals surface area contributed by atoms with Crippen molar-refractivity contribution in [1.82, 2.24) is 9.55 Å². The van der Waals surface area contributed by atoms with Crippen molar-refractivity contribution in [3.8, 4) is 5.69 Å². The van der Waals surface area contributed by atoms with Crippen LogP contribution in [-0.2, 0) is 11.3 Å². The second-order valence-electron chi connectivity index (χ2n) is 5.39. The molecule has 21 heavy (non-hydrogen) atoms. The van der Waals surface area contributed by atoms with Crippen molar-refractivity contribution in [1.29, 1.82) is 0 Å². The molecular weight excluding hydrogens is 264 g/mol. The van der Waals surface area contributed by atoms with Gasteiger partial charge in [-0.3, -0.25) is 0 Å². The van der Waals surface area contributed by atoms with Crippen LogP contribution in [0.15, 0.2) is 36.8 Å². The number of imidazole rings is 1. The summed E-state index contributed by atoms with van der Waals surface area (Å²) >= 11 is 0. The molecule has 2 N–H and O–H groups in total. The van der Waals surface area contributed by atoms with Crippen molar-refractivity contribution >= 4 is 12.0 Å². The molecule has 1 aromatic heterocycles. The van der Waals surface area contributed by atoms with E-state index in [2.05, 4.69) is 22.0 Å². The van der Waals surface area contributed by atoms with Gasteiger partial charge in [0.2, 0.25) is 0 Å². The molecule has 0 aliphatic carbocycles. The monoisotopic (exact) mass is 284 g/mol.